The van der Waals surface area contributed by atoms with Gasteiger partial charge in [-0.3, -0.25) is 9.78 Å². The van der Waals surface area contributed by atoms with Gasteiger partial charge in [-0.25, -0.2) is 4.98 Å². The number of nitrogens with zero attached hydrogens (tertiary/aromatic N) is 4. The van der Waals surface area contributed by atoms with Gasteiger partial charge in [0.15, 0.2) is 0 Å². The number of benzene rings is 1. The van der Waals surface area contributed by atoms with Crippen molar-refractivity contribution in [2.24, 2.45) is 0 Å². The highest BCUT2D eigenvalue weighted by Gasteiger charge is 2.16. The minimum atomic E-state index is -0.445. The molecule has 4 rings (SSSR count). The number of nitrogens with one attached hydrogen (secondary N) is 1. The maximum Gasteiger partial charge on any atom is 0.309 e. The normalized spacial score (nSPS) is 11.0. The fourth-order valence-electron chi connectivity index (χ4n) is 3.25. The van der Waals surface area contributed by atoms with Gasteiger partial charge in [-0.2, -0.15) is 0 Å². The number of halogens is 1. The van der Waals surface area contributed by atoms with Crippen LogP contribution in [0.25, 0.3) is 10.9 Å². The molecule has 8 nitrogen and oxygen atoms in total. The van der Waals surface area contributed by atoms with E-state index in [1.165, 1.54) is 0 Å². The van der Waals surface area contributed by atoms with E-state index in [0.29, 0.717) is 29.7 Å². The van der Waals surface area contributed by atoms with Crippen LogP contribution in [0, 0.1) is 13.8 Å². The lowest BCUT2D eigenvalue weighted by Crippen LogP contribution is -2.24. The van der Waals surface area contributed by atoms with Gasteiger partial charge in [-0.05, 0) is 54.8 Å². The monoisotopic (exact) mass is 422 g/mol. The number of aryl methyl sites for hydroxylation is 2. The highest BCUT2D eigenvalue weighted by molar-refractivity contribution is 6.31. The number of anilines is 1. The second-order valence-corrected chi connectivity index (χ2v) is 7.41. The molecule has 0 bridgehead atoms. The maximum absolute atomic E-state index is 12.4. The molecule has 0 atom stereocenters. The number of carbonyl (C=O) groups excluding carboxylic acids is 1. The number of hydrogen-bond acceptors (Lipinski definition) is 7. The van der Waals surface area contributed by atoms with Crippen LogP contribution in [-0.2, 0) is 13.0 Å². The maximum atomic E-state index is 12.4. The minimum absolute atomic E-state index is 0.0887. The average Bonchev–Trinajstić information content (AvgIpc) is 3.15. The Morgan fingerprint density at radius 2 is 2.03 bits per heavy atom. The number of nitrogens with two attached hydrogens (primary N) is 1. The van der Waals surface area contributed by atoms with E-state index in [1.807, 2.05) is 38.1 Å². The molecule has 1 amide bonds. The SMILES string of the molecule is Cc1cc(N)nc(C)c1CNC(=O)c1nnc(Cc2ccc3ncc(Cl)cc3c2)o1. The van der Waals surface area contributed by atoms with Crippen molar-refractivity contribution >= 4 is 34.2 Å². The number of hydrogen-bond donors (Lipinski definition) is 2. The number of carbonyl (C=O) groups is 1. The van der Waals surface area contributed by atoms with Gasteiger partial charge in [0.05, 0.1) is 17.0 Å². The number of fused-ring (bicyclic) bond motifs is 1. The van der Waals surface area contributed by atoms with Gasteiger partial charge in [-0.1, -0.05) is 17.7 Å². The van der Waals surface area contributed by atoms with E-state index in [0.717, 1.165) is 33.3 Å². The summed E-state index contributed by atoms with van der Waals surface area (Å²) in [4.78, 5) is 20.9. The number of aromatic nitrogens is 4. The molecule has 30 heavy (non-hydrogen) atoms. The van der Waals surface area contributed by atoms with Crippen LogP contribution in [0.1, 0.15) is 39.0 Å². The molecule has 4 aromatic rings. The van der Waals surface area contributed by atoms with Gasteiger partial charge in [0.25, 0.3) is 0 Å². The third kappa shape index (κ3) is 4.23. The highest BCUT2D eigenvalue weighted by atomic mass is 35.5. The molecule has 3 aromatic heterocycles. The van der Waals surface area contributed by atoms with E-state index in [2.05, 4.69) is 25.5 Å². The van der Waals surface area contributed by atoms with Crippen molar-refractivity contribution in [3.8, 4) is 0 Å². The summed E-state index contributed by atoms with van der Waals surface area (Å²) in [5.74, 6) is 0.262. The minimum Gasteiger partial charge on any atom is -0.417 e. The number of rotatable bonds is 5. The Morgan fingerprint density at radius 3 is 2.83 bits per heavy atom. The lowest BCUT2D eigenvalue weighted by molar-refractivity contribution is 0.0914. The number of amides is 1. The van der Waals surface area contributed by atoms with Crippen molar-refractivity contribution in [1.29, 1.82) is 0 Å². The molecule has 1 aromatic carbocycles. The van der Waals surface area contributed by atoms with Crippen LogP contribution in [-0.4, -0.2) is 26.1 Å². The van der Waals surface area contributed by atoms with Crippen LogP contribution in [0.5, 0.6) is 0 Å². The Hall–Kier alpha value is -3.52. The summed E-state index contributed by atoms with van der Waals surface area (Å²) in [7, 11) is 0. The predicted octanol–water partition coefficient (Wildman–Crippen LogP) is 3.39. The fourth-order valence-corrected chi connectivity index (χ4v) is 3.42. The van der Waals surface area contributed by atoms with Crippen molar-refractivity contribution in [3.63, 3.8) is 0 Å². The first-order valence-corrected chi connectivity index (χ1v) is 9.64. The smallest absolute Gasteiger partial charge is 0.309 e. The molecule has 0 aliphatic rings. The third-order valence-corrected chi connectivity index (χ3v) is 4.94. The van der Waals surface area contributed by atoms with Crippen molar-refractivity contribution in [1.82, 2.24) is 25.5 Å². The quantitative estimate of drug-likeness (QED) is 0.505. The van der Waals surface area contributed by atoms with Crippen molar-refractivity contribution in [2.45, 2.75) is 26.8 Å². The molecule has 0 unspecified atom stereocenters. The standard InChI is InChI=1S/C21H19ClN6O2/c1-11-5-18(23)26-12(2)16(11)10-25-20(29)21-28-27-19(30-21)7-13-3-4-17-14(6-13)8-15(22)9-24-17/h3-6,8-9H,7,10H2,1-2H3,(H2,23,26)(H,25,29). The van der Waals surface area contributed by atoms with Crippen molar-refractivity contribution in [2.75, 3.05) is 5.73 Å². The first-order chi connectivity index (χ1) is 14.4. The molecule has 9 heteroatoms. The van der Waals surface area contributed by atoms with Crippen LogP contribution in [0.4, 0.5) is 5.82 Å². The van der Waals surface area contributed by atoms with Gasteiger partial charge in [-0.15, -0.1) is 10.2 Å². The largest absolute Gasteiger partial charge is 0.417 e. The molecule has 3 N–H and O–H groups in total. The first kappa shape index (κ1) is 19.8. The van der Waals surface area contributed by atoms with E-state index >= 15 is 0 Å². The summed E-state index contributed by atoms with van der Waals surface area (Å²) < 4.78 is 5.54. The zero-order valence-electron chi connectivity index (χ0n) is 16.4. The lowest BCUT2D eigenvalue weighted by atomic mass is 10.1. The fraction of sp³-hybridized carbons (Fsp3) is 0.190. The van der Waals surface area contributed by atoms with Crippen LogP contribution >= 0.6 is 11.6 Å². The summed E-state index contributed by atoms with van der Waals surface area (Å²) in [5, 5.41) is 12.1. The summed E-state index contributed by atoms with van der Waals surface area (Å²) >= 11 is 6.01. The second kappa shape index (κ2) is 8.08. The van der Waals surface area contributed by atoms with E-state index in [9.17, 15) is 4.79 Å². The topological polar surface area (TPSA) is 120 Å². The van der Waals surface area contributed by atoms with Gasteiger partial charge < -0.3 is 15.5 Å². The molecule has 0 radical (unpaired) electrons. The molecule has 0 fully saturated rings. The molecular weight excluding hydrogens is 404 g/mol. The molecule has 0 spiro atoms. The Morgan fingerprint density at radius 1 is 1.20 bits per heavy atom. The third-order valence-electron chi connectivity index (χ3n) is 4.73. The van der Waals surface area contributed by atoms with Gasteiger partial charge >= 0.3 is 11.8 Å². The van der Waals surface area contributed by atoms with Crippen LogP contribution in [0.2, 0.25) is 5.02 Å². The molecule has 0 aliphatic heterocycles. The summed E-state index contributed by atoms with van der Waals surface area (Å²) in [6, 6.07) is 9.39. The predicted molar refractivity (Wildman–Crippen MR) is 113 cm³/mol. The summed E-state index contributed by atoms with van der Waals surface area (Å²) in [6.07, 6.45) is 2.00. The van der Waals surface area contributed by atoms with Crippen molar-refractivity contribution in [3.05, 3.63) is 75.7 Å². The summed E-state index contributed by atoms with van der Waals surface area (Å²) in [6.45, 7) is 4.06. The average molecular weight is 423 g/mol. The van der Waals surface area contributed by atoms with E-state index in [1.54, 1.807) is 12.3 Å². The number of pyridine rings is 2. The van der Waals surface area contributed by atoms with E-state index in [4.69, 9.17) is 21.8 Å². The second-order valence-electron chi connectivity index (χ2n) is 6.97. The summed E-state index contributed by atoms with van der Waals surface area (Å²) in [5.41, 5.74) is 10.2. The Balaban J connectivity index is 1.44. The van der Waals surface area contributed by atoms with E-state index in [-0.39, 0.29) is 5.89 Å². The molecule has 152 valence electrons. The van der Waals surface area contributed by atoms with Crippen LogP contribution in [0.3, 0.4) is 0 Å². The molecule has 3 heterocycles. The van der Waals surface area contributed by atoms with Gasteiger partial charge in [0.2, 0.25) is 5.89 Å². The Kier molecular flexibility index (Phi) is 5.33. The van der Waals surface area contributed by atoms with Gasteiger partial charge in [0.1, 0.15) is 5.82 Å². The van der Waals surface area contributed by atoms with Crippen molar-refractivity contribution < 1.29 is 9.21 Å². The van der Waals surface area contributed by atoms with Crippen LogP contribution in [0.15, 0.2) is 40.9 Å². The lowest BCUT2D eigenvalue weighted by Gasteiger charge is -2.10. The number of nitrogen functional groups attached to an aromatic ring is 1. The zero-order chi connectivity index (χ0) is 21.3. The molecular formula is C21H19ClN6O2. The van der Waals surface area contributed by atoms with Crippen LogP contribution < -0.4 is 11.1 Å². The van der Waals surface area contributed by atoms with E-state index < -0.39 is 5.91 Å². The highest BCUT2D eigenvalue weighted by Crippen LogP contribution is 2.20. The first-order valence-electron chi connectivity index (χ1n) is 9.26. The zero-order valence-corrected chi connectivity index (χ0v) is 17.2. The molecule has 0 saturated heterocycles. The van der Waals surface area contributed by atoms with Gasteiger partial charge in [0, 0.05) is 23.8 Å². The molecule has 0 aliphatic carbocycles. The Labute approximate surface area is 177 Å². The molecule has 0 saturated carbocycles. The Bertz CT molecular complexity index is 1230.